The second-order valence-corrected chi connectivity index (χ2v) is 4.27. The van der Waals surface area contributed by atoms with Gasteiger partial charge in [0.1, 0.15) is 0 Å². The average Bonchev–Trinajstić information content (AvgIpc) is 2.24. The van der Waals surface area contributed by atoms with Gasteiger partial charge >= 0.3 is 0 Å². The average molecular weight is 246 g/mol. The van der Waals surface area contributed by atoms with Crippen molar-refractivity contribution < 1.29 is 13.6 Å². The van der Waals surface area contributed by atoms with Crippen molar-refractivity contribution in [2.75, 3.05) is 5.75 Å². The zero-order valence-corrected chi connectivity index (χ0v) is 9.27. The summed E-state index contributed by atoms with van der Waals surface area (Å²) >= 11 is 1.23. The van der Waals surface area contributed by atoms with Gasteiger partial charge in [-0.05, 0) is 6.07 Å². The minimum absolute atomic E-state index is 0.252. The second kappa shape index (κ2) is 5.81. The lowest BCUT2D eigenvalue weighted by Crippen LogP contribution is -2.38. The van der Waals surface area contributed by atoms with E-state index in [1.165, 1.54) is 23.9 Å². The molecule has 0 radical (unpaired) electrons. The molecule has 0 aromatic heterocycles. The lowest BCUT2D eigenvalue weighted by molar-refractivity contribution is -0.118. The molecular formula is C10H12F2N2OS. The molecule has 0 aliphatic heterocycles. The molecule has 0 saturated carbocycles. The van der Waals surface area contributed by atoms with Crippen LogP contribution in [0.15, 0.2) is 18.2 Å². The zero-order valence-electron chi connectivity index (χ0n) is 8.45. The Morgan fingerprint density at radius 2 is 2.12 bits per heavy atom. The third kappa shape index (κ3) is 3.46. The molecule has 0 aliphatic rings. The maximum atomic E-state index is 13.2. The van der Waals surface area contributed by atoms with Crippen molar-refractivity contribution in [3.8, 4) is 0 Å². The zero-order chi connectivity index (χ0) is 12.1. The van der Waals surface area contributed by atoms with Gasteiger partial charge < -0.3 is 11.5 Å². The number of benzene rings is 1. The van der Waals surface area contributed by atoms with Gasteiger partial charge in [-0.25, -0.2) is 8.78 Å². The SMILES string of the molecule is NC(=O)[C@@H](N)CSCc1cccc(F)c1F. The Morgan fingerprint density at radius 3 is 2.75 bits per heavy atom. The van der Waals surface area contributed by atoms with Gasteiger partial charge in [-0.3, -0.25) is 4.79 Å². The number of amides is 1. The lowest BCUT2D eigenvalue weighted by Gasteiger charge is -2.07. The Hall–Kier alpha value is -1.14. The standard InChI is InChI=1S/C10H12F2N2OS/c11-7-3-1-2-6(9(7)12)4-16-5-8(13)10(14)15/h1-3,8H,4-5,13H2,(H2,14,15)/t8-/m0/s1. The molecule has 1 amide bonds. The van der Waals surface area contributed by atoms with Crippen molar-refractivity contribution in [3.63, 3.8) is 0 Å². The minimum atomic E-state index is -0.878. The number of carbonyl (C=O) groups excluding carboxylic acids is 1. The summed E-state index contributed by atoms with van der Waals surface area (Å²) in [7, 11) is 0. The molecule has 0 bridgehead atoms. The summed E-state index contributed by atoms with van der Waals surface area (Å²) in [5.41, 5.74) is 10.6. The molecule has 0 heterocycles. The molecular weight excluding hydrogens is 234 g/mol. The van der Waals surface area contributed by atoms with Crippen molar-refractivity contribution in [1.29, 1.82) is 0 Å². The van der Waals surface area contributed by atoms with Gasteiger partial charge in [0.05, 0.1) is 6.04 Å². The summed E-state index contributed by atoms with van der Waals surface area (Å²) < 4.78 is 26.0. The largest absolute Gasteiger partial charge is 0.368 e. The Morgan fingerprint density at radius 1 is 1.44 bits per heavy atom. The second-order valence-electron chi connectivity index (χ2n) is 3.24. The number of nitrogens with two attached hydrogens (primary N) is 2. The van der Waals surface area contributed by atoms with E-state index in [0.29, 0.717) is 0 Å². The normalized spacial score (nSPS) is 12.4. The Kier molecular flexibility index (Phi) is 4.70. The molecule has 0 unspecified atom stereocenters. The van der Waals surface area contributed by atoms with E-state index in [4.69, 9.17) is 11.5 Å². The molecule has 0 spiro atoms. The highest BCUT2D eigenvalue weighted by Crippen LogP contribution is 2.17. The Labute approximate surface area is 96.2 Å². The van der Waals surface area contributed by atoms with E-state index < -0.39 is 23.6 Å². The number of thioether (sulfide) groups is 1. The third-order valence-corrected chi connectivity index (χ3v) is 3.06. The van der Waals surface area contributed by atoms with Gasteiger partial charge in [0.2, 0.25) is 5.91 Å². The van der Waals surface area contributed by atoms with Crippen LogP contribution in [0.2, 0.25) is 0 Å². The van der Waals surface area contributed by atoms with E-state index in [1.807, 2.05) is 0 Å². The van der Waals surface area contributed by atoms with Crippen LogP contribution < -0.4 is 11.5 Å². The van der Waals surface area contributed by atoms with Crippen LogP contribution in [-0.2, 0) is 10.5 Å². The van der Waals surface area contributed by atoms with Gasteiger partial charge in [0.25, 0.3) is 0 Å². The van der Waals surface area contributed by atoms with Gasteiger partial charge in [-0.15, -0.1) is 0 Å². The number of carbonyl (C=O) groups is 1. The predicted molar refractivity (Wildman–Crippen MR) is 59.7 cm³/mol. The highest BCUT2D eigenvalue weighted by Gasteiger charge is 2.11. The maximum absolute atomic E-state index is 13.2. The fourth-order valence-corrected chi connectivity index (χ4v) is 2.02. The summed E-state index contributed by atoms with van der Waals surface area (Å²) in [6, 6.07) is 3.21. The fraction of sp³-hybridized carbons (Fsp3) is 0.300. The number of hydrogen-bond acceptors (Lipinski definition) is 3. The molecule has 1 aromatic carbocycles. The summed E-state index contributed by atoms with van der Waals surface area (Å²) in [5, 5.41) is 0. The summed E-state index contributed by atoms with van der Waals surface area (Å²) in [4.78, 5) is 10.6. The molecule has 0 aliphatic carbocycles. The first kappa shape index (κ1) is 12.9. The number of hydrogen-bond donors (Lipinski definition) is 2. The topological polar surface area (TPSA) is 69.1 Å². The summed E-state index contributed by atoms with van der Waals surface area (Å²) in [5.74, 6) is -1.80. The number of primary amides is 1. The van der Waals surface area contributed by atoms with Gasteiger partial charge in [0.15, 0.2) is 11.6 Å². The first-order valence-corrected chi connectivity index (χ1v) is 5.73. The monoisotopic (exact) mass is 246 g/mol. The van der Waals surface area contributed by atoms with Crippen molar-refractivity contribution >= 4 is 17.7 Å². The first-order chi connectivity index (χ1) is 7.52. The summed E-state index contributed by atoms with van der Waals surface area (Å²) in [6.45, 7) is 0. The van der Waals surface area contributed by atoms with Gasteiger partial charge in [0, 0.05) is 17.1 Å². The third-order valence-electron chi connectivity index (χ3n) is 1.95. The summed E-state index contributed by atoms with van der Waals surface area (Å²) in [6.07, 6.45) is 0. The van der Waals surface area contributed by atoms with E-state index in [1.54, 1.807) is 0 Å². The van der Waals surface area contributed by atoms with Crippen LogP contribution in [0, 0.1) is 11.6 Å². The Bertz CT molecular complexity index is 387. The first-order valence-electron chi connectivity index (χ1n) is 4.58. The fourth-order valence-electron chi connectivity index (χ4n) is 1.04. The van der Waals surface area contributed by atoms with Crippen molar-refractivity contribution in [1.82, 2.24) is 0 Å². The van der Waals surface area contributed by atoms with E-state index in [0.717, 1.165) is 6.07 Å². The highest BCUT2D eigenvalue weighted by molar-refractivity contribution is 7.98. The van der Waals surface area contributed by atoms with Crippen LogP contribution >= 0.6 is 11.8 Å². The minimum Gasteiger partial charge on any atom is -0.368 e. The highest BCUT2D eigenvalue weighted by atomic mass is 32.2. The lowest BCUT2D eigenvalue weighted by atomic mass is 10.2. The number of rotatable bonds is 5. The van der Waals surface area contributed by atoms with Crippen molar-refractivity contribution in [2.24, 2.45) is 11.5 Å². The Balaban J connectivity index is 2.49. The molecule has 16 heavy (non-hydrogen) atoms. The molecule has 4 N–H and O–H groups in total. The van der Waals surface area contributed by atoms with Crippen LogP contribution in [0.1, 0.15) is 5.56 Å². The van der Waals surface area contributed by atoms with Crippen LogP contribution in [0.3, 0.4) is 0 Å². The van der Waals surface area contributed by atoms with Crippen LogP contribution in [-0.4, -0.2) is 17.7 Å². The smallest absolute Gasteiger partial charge is 0.235 e. The predicted octanol–water partition coefficient (Wildman–Crippen LogP) is 1.01. The van der Waals surface area contributed by atoms with Crippen molar-refractivity contribution in [3.05, 3.63) is 35.4 Å². The molecule has 6 heteroatoms. The van der Waals surface area contributed by atoms with Crippen molar-refractivity contribution in [2.45, 2.75) is 11.8 Å². The van der Waals surface area contributed by atoms with E-state index in [2.05, 4.69) is 0 Å². The molecule has 88 valence electrons. The van der Waals surface area contributed by atoms with Gasteiger partial charge in [-0.1, -0.05) is 12.1 Å². The molecule has 3 nitrogen and oxygen atoms in total. The molecule has 0 saturated heterocycles. The quantitative estimate of drug-likeness (QED) is 0.814. The van der Waals surface area contributed by atoms with Gasteiger partial charge in [-0.2, -0.15) is 11.8 Å². The maximum Gasteiger partial charge on any atom is 0.235 e. The molecule has 1 aromatic rings. The molecule has 0 fully saturated rings. The molecule has 1 atom stereocenters. The van der Waals surface area contributed by atoms with Crippen LogP contribution in [0.5, 0.6) is 0 Å². The van der Waals surface area contributed by atoms with Crippen LogP contribution in [0.25, 0.3) is 0 Å². The number of halogens is 2. The van der Waals surface area contributed by atoms with E-state index in [9.17, 15) is 13.6 Å². The van der Waals surface area contributed by atoms with E-state index >= 15 is 0 Å². The van der Waals surface area contributed by atoms with Crippen LogP contribution in [0.4, 0.5) is 8.78 Å². The molecule has 1 rings (SSSR count). The van der Waals surface area contributed by atoms with E-state index in [-0.39, 0.29) is 17.1 Å².